The standard InChI is InChI=1S/C3HBrF4N4/c4-2(5,6)3(7,8)12-1-9-10-11-12/h1H. The Hall–Kier alpha value is -0.730. The van der Waals surface area contributed by atoms with Gasteiger partial charge in [0.1, 0.15) is 6.33 Å². The Labute approximate surface area is 71.7 Å². The van der Waals surface area contributed by atoms with Gasteiger partial charge in [-0.15, -0.1) is 5.10 Å². The van der Waals surface area contributed by atoms with Crippen molar-refractivity contribution < 1.29 is 17.6 Å². The van der Waals surface area contributed by atoms with E-state index in [1.54, 1.807) is 0 Å². The molecule has 0 saturated heterocycles. The molecule has 0 saturated carbocycles. The van der Waals surface area contributed by atoms with Gasteiger partial charge in [-0.2, -0.15) is 22.2 Å². The zero-order chi connectivity index (χ0) is 9.41. The molecule has 1 aromatic rings. The molecule has 0 aliphatic rings. The summed E-state index contributed by atoms with van der Waals surface area (Å²) in [5, 5.41) is 8.25. The van der Waals surface area contributed by atoms with Crippen molar-refractivity contribution in [1.82, 2.24) is 20.2 Å². The second-order valence-corrected chi connectivity index (χ2v) is 2.79. The summed E-state index contributed by atoms with van der Waals surface area (Å²) in [5.41, 5.74) is 0. The summed E-state index contributed by atoms with van der Waals surface area (Å²) in [5.74, 6) is 0. The van der Waals surface area contributed by atoms with E-state index >= 15 is 0 Å². The van der Waals surface area contributed by atoms with Gasteiger partial charge in [-0.05, 0) is 26.4 Å². The number of hydrogen-bond acceptors (Lipinski definition) is 3. The monoisotopic (exact) mass is 248 g/mol. The number of aromatic nitrogens is 4. The molecule has 0 aromatic carbocycles. The minimum absolute atomic E-state index is 0.332. The van der Waals surface area contributed by atoms with Gasteiger partial charge in [-0.3, -0.25) is 0 Å². The van der Waals surface area contributed by atoms with Crippen LogP contribution in [0.25, 0.3) is 0 Å². The summed E-state index contributed by atoms with van der Waals surface area (Å²) in [6.45, 7) is 0. The normalized spacial score (nSPS) is 13.4. The first kappa shape index (κ1) is 9.36. The Kier molecular flexibility index (Phi) is 2.06. The first-order valence-electron chi connectivity index (χ1n) is 2.53. The summed E-state index contributed by atoms with van der Waals surface area (Å²) in [6.07, 6.45) is 0.398. The highest BCUT2D eigenvalue weighted by molar-refractivity contribution is 9.10. The van der Waals surface area contributed by atoms with Crippen molar-refractivity contribution in [2.75, 3.05) is 0 Å². The first-order chi connectivity index (χ1) is 5.36. The van der Waals surface area contributed by atoms with Gasteiger partial charge in [0.15, 0.2) is 0 Å². The van der Waals surface area contributed by atoms with Gasteiger partial charge < -0.3 is 0 Å². The summed E-state index contributed by atoms with van der Waals surface area (Å²) < 4.78 is 48.9. The van der Waals surface area contributed by atoms with Crippen molar-refractivity contribution in [2.24, 2.45) is 0 Å². The van der Waals surface area contributed by atoms with Crippen LogP contribution in [0.5, 0.6) is 0 Å². The second kappa shape index (κ2) is 2.64. The maximum atomic E-state index is 12.5. The van der Waals surface area contributed by atoms with Gasteiger partial charge in [-0.1, -0.05) is 0 Å². The highest BCUT2D eigenvalue weighted by atomic mass is 79.9. The van der Waals surface area contributed by atoms with E-state index in [4.69, 9.17) is 0 Å². The van der Waals surface area contributed by atoms with Crippen LogP contribution >= 0.6 is 15.9 Å². The molecule has 0 N–H and O–H groups in total. The molecule has 0 radical (unpaired) electrons. The fourth-order valence-corrected chi connectivity index (χ4v) is 0.602. The number of alkyl halides is 5. The number of rotatable bonds is 2. The van der Waals surface area contributed by atoms with Crippen LogP contribution in [0.3, 0.4) is 0 Å². The molecule has 0 fully saturated rings. The number of tetrazole rings is 1. The molecule has 0 unspecified atom stereocenters. The molecular formula is C3HBrF4N4. The van der Waals surface area contributed by atoms with Gasteiger partial charge >= 0.3 is 10.9 Å². The highest BCUT2D eigenvalue weighted by Crippen LogP contribution is 2.42. The Morgan fingerprint density at radius 2 is 1.83 bits per heavy atom. The van der Waals surface area contributed by atoms with E-state index in [2.05, 4.69) is 15.5 Å². The van der Waals surface area contributed by atoms with E-state index < -0.39 is 10.9 Å². The van der Waals surface area contributed by atoms with Crippen molar-refractivity contribution in [3.8, 4) is 0 Å². The van der Waals surface area contributed by atoms with Crippen LogP contribution in [-0.4, -0.2) is 25.0 Å². The van der Waals surface area contributed by atoms with Crippen molar-refractivity contribution in [3.63, 3.8) is 0 Å². The van der Waals surface area contributed by atoms with Crippen LogP contribution in [0.4, 0.5) is 17.6 Å². The minimum atomic E-state index is -4.48. The average Bonchev–Trinajstić information content (AvgIpc) is 2.34. The zero-order valence-electron chi connectivity index (χ0n) is 5.26. The number of hydrogen-bond donors (Lipinski definition) is 0. The SMILES string of the molecule is FC(F)(Br)C(F)(F)n1cnnn1. The molecule has 0 aliphatic heterocycles. The van der Waals surface area contributed by atoms with Crippen molar-refractivity contribution in [3.05, 3.63) is 6.33 Å². The molecule has 0 bridgehead atoms. The number of halogens is 5. The third-order valence-corrected chi connectivity index (χ3v) is 1.45. The molecule has 0 amide bonds. The third-order valence-electron chi connectivity index (χ3n) is 0.978. The van der Waals surface area contributed by atoms with E-state index in [0.29, 0.717) is 6.33 Å². The molecule has 1 rings (SSSR count). The topological polar surface area (TPSA) is 43.6 Å². The average molecular weight is 249 g/mol. The summed E-state index contributed by atoms with van der Waals surface area (Å²) in [7, 11) is 0. The lowest BCUT2D eigenvalue weighted by atomic mass is 10.6. The van der Waals surface area contributed by atoms with Crippen molar-refractivity contribution >= 4 is 15.9 Å². The first-order valence-corrected chi connectivity index (χ1v) is 3.33. The minimum Gasteiger partial charge on any atom is -0.184 e. The van der Waals surface area contributed by atoms with Crippen LogP contribution in [0.1, 0.15) is 0 Å². The predicted molar refractivity (Wildman–Crippen MR) is 31.9 cm³/mol. The highest BCUT2D eigenvalue weighted by Gasteiger charge is 2.57. The van der Waals surface area contributed by atoms with E-state index in [1.165, 1.54) is 15.9 Å². The molecule has 4 nitrogen and oxygen atoms in total. The van der Waals surface area contributed by atoms with Gasteiger partial charge in [0.25, 0.3) is 0 Å². The van der Waals surface area contributed by atoms with E-state index in [0.717, 1.165) is 0 Å². The molecule has 68 valence electrons. The Balaban J connectivity index is 3.02. The van der Waals surface area contributed by atoms with Crippen LogP contribution in [-0.2, 0) is 6.05 Å². The Bertz CT molecular complexity index is 254. The Morgan fingerprint density at radius 3 is 2.17 bits per heavy atom. The molecule has 9 heteroatoms. The fraction of sp³-hybridized carbons (Fsp3) is 0.667. The molecule has 1 aromatic heterocycles. The van der Waals surface area contributed by atoms with Crippen LogP contribution in [0, 0.1) is 0 Å². The Morgan fingerprint density at radius 1 is 1.25 bits per heavy atom. The summed E-state index contributed by atoms with van der Waals surface area (Å²) >= 11 is 1.52. The van der Waals surface area contributed by atoms with Crippen LogP contribution in [0.2, 0.25) is 0 Å². The smallest absolute Gasteiger partial charge is 0.184 e. The molecule has 0 spiro atoms. The molecule has 0 atom stereocenters. The van der Waals surface area contributed by atoms with Crippen LogP contribution in [0.15, 0.2) is 6.33 Å². The largest absolute Gasteiger partial charge is 0.419 e. The summed E-state index contributed by atoms with van der Waals surface area (Å²) in [4.78, 5) is -4.38. The number of nitrogens with zero attached hydrogens (tertiary/aromatic N) is 4. The fourth-order valence-electron chi connectivity index (χ4n) is 0.420. The zero-order valence-corrected chi connectivity index (χ0v) is 6.84. The molecule has 0 aliphatic carbocycles. The quantitative estimate of drug-likeness (QED) is 0.584. The van der Waals surface area contributed by atoms with Crippen LogP contribution < -0.4 is 0 Å². The lowest BCUT2D eigenvalue weighted by Crippen LogP contribution is -2.38. The van der Waals surface area contributed by atoms with E-state index in [-0.39, 0.29) is 4.68 Å². The molecular weight excluding hydrogens is 248 g/mol. The maximum Gasteiger partial charge on any atom is 0.419 e. The van der Waals surface area contributed by atoms with E-state index in [9.17, 15) is 17.6 Å². The third kappa shape index (κ3) is 1.40. The van der Waals surface area contributed by atoms with Crippen molar-refractivity contribution in [1.29, 1.82) is 0 Å². The van der Waals surface area contributed by atoms with Gasteiger partial charge in [0, 0.05) is 0 Å². The summed E-state index contributed by atoms with van der Waals surface area (Å²) in [6, 6.07) is -4.48. The molecule has 12 heavy (non-hydrogen) atoms. The molecule has 1 heterocycles. The van der Waals surface area contributed by atoms with Crippen molar-refractivity contribution in [2.45, 2.75) is 10.9 Å². The maximum absolute atomic E-state index is 12.5. The van der Waals surface area contributed by atoms with Gasteiger partial charge in [0.2, 0.25) is 0 Å². The predicted octanol–water partition coefficient (Wildman–Crippen LogP) is 1.21. The second-order valence-electron chi connectivity index (χ2n) is 1.79. The van der Waals surface area contributed by atoms with Gasteiger partial charge in [0.05, 0.1) is 0 Å². The lowest BCUT2D eigenvalue weighted by Gasteiger charge is -2.19. The van der Waals surface area contributed by atoms with Gasteiger partial charge in [-0.25, -0.2) is 0 Å². The van der Waals surface area contributed by atoms with E-state index in [1.807, 2.05) is 0 Å². The lowest BCUT2D eigenvalue weighted by molar-refractivity contribution is -0.213.